The van der Waals surface area contributed by atoms with Crippen molar-refractivity contribution in [2.24, 2.45) is 5.92 Å². The SMILES string of the molecule is Cc1nc2sc3c(c2c2nn(CC(=O)NC4CCCC4)c(=O)n12)CC[C@H](C)C3. The maximum atomic E-state index is 13.0. The number of aromatic nitrogens is 4. The molecule has 8 heteroatoms. The lowest BCUT2D eigenvalue weighted by Crippen LogP contribution is -2.37. The third-order valence-electron chi connectivity index (χ3n) is 6.16. The van der Waals surface area contributed by atoms with Crippen molar-refractivity contribution < 1.29 is 4.79 Å². The Balaban J connectivity index is 1.57. The van der Waals surface area contributed by atoms with Gasteiger partial charge >= 0.3 is 5.69 Å². The van der Waals surface area contributed by atoms with Gasteiger partial charge in [0.2, 0.25) is 5.91 Å². The predicted molar refractivity (Wildman–Crippen MR) is 109 cm³/mol. The van der Waals surface area contributed by atoms with Crippen LogP contribution in [0.15, 0.2) is 4.79 Å². The average molecular weight is 400 g/mol. The summed E-state index contributed by atoms with van der Waals surface area (Å²) in [5.41, 5.74) is 1.66. The molecular weight excluding hydrogens is 374 g/mol. The minimum absolute atomic E-state index is 0.0404. The number of carbonyl (C=O) groups excluding carboxylic acids is 1. The van der Waals surface area contributed by atoms with Crippen LogP contribution in [0, 0.1) is 12.8 Å². The van der Waals surface area contributed by atoms with Gasteiger partial charge in [0, 0.05) is 10.9 Å². The number of carbonyl (C=O) groups is 1. The van der Waals surface area contributed by atoms with Gasteiger partial charge in [0.25, 0.3) is 0 Å². The van der Waals surface area contributed by atoms with Gasteiger partial charge in [-0.25, -0.2) is 18.9 Å². The molecule has 1 fully saturated rings. The lowest BCUT2D eigenvalue weighted by atomic mass is 9.89. The number of rotatable bonds is 3. The minimum atomic E-state index is -0.285. The Hall–Kier alpha value is -2.22. The summed E-state index contributed by atoms with van der Waals surface area (Å²) in [5.74, 6) is 1.17. The fraction of sp³-hybridized carbons (Fsp3) is 0.600. The number of amides is 1. The van der Waals surface area contributed by atoms with Gasteiger partial charge in [-0.15, -0.1) is 16.4 Å². The molecule has 1 N–H and O–H groups in total. The zero-order valence-corrected chi connectivity index (χ0v) is 17.1. The molecule has 2 aliphatic rings. The average Bonchev–Trinajstić information content (AvgIpc) is 3.33. The van der Waals surface area contributed by atoms with Gasteiger partial charge in [-0.2, -0.15) is 0 Å². The summed E-state index contributed by atoms with van der Waals surface area (Å²) in [6.45, 7) is 4.07. The van der Waals surface area contributed by atoms with E-state index in [4.69, 9.17) is 4.98 Å². The van der Waals surface area contributed by atoms with Crippen LogP contribution in [0.3, 0.4) is 0 Å². The topological polar surface area (TPSA) is 81.3 Å². The van der Waals surface area contributed by atoms with Crippen LogP contribution >= 0.6 is 11.3 Å². The second kappa shape index (κ2) is 6.69. The van der Waals surface area contributed by atoms with Gasteiger partial charge in [0.1, 0.15) is 17.2 Å². The lowest BCUT2D eigenvalue weighted by Gasteiger charge is -2.17. The molecule has 1 amide bonds. The van der Waals surface area contributed by atoms with Crippen LogP contribution in [0.25, 0.3) is 15.9 Å². The Morgan fingerprint density at radius 2 is 2.07 bits per heavy atom. The van der Waals surface area contributed by atoms with Gasteiger partial charge in [-0.1, -0.05) is 19.8 Å². The first kappa shape index (κ1) is 17.8. The Kier molecular flexibility index (Phi) is 4.26. The first-order valence-corrected chi connectivity index (χ1v) is 11.0. The highest BCUT2D eigenvalue weighted by Gasteiger charge is 2.26. The van der Waals surface area contributed by atoms with Gasteiger partial charge in [0.05, 0.1) is 5.39 Å². The summed E-state index contributed by atoms with van der Waals surface area (Å²) in [5, 5.41) is 8.63. The molecular formula is C20H25N5O2S. The van der Waals surface area contributed by atoms with Crippen molar-refractivity contribution in [3.8, 4) is 0 Å². The molecule has 0 unspecified atom stereocenters. The van der Waals surface area contributed by atoms with Crippen molar-refractivity contribution >= 4 is 33.1 Å². The first-order chi connectivity index (χ1) is 13.5. The molecule has 1 atom stereocenters. The standard InChI is InChI=1S/C20H25N5O2S/c1-11-7-8-14-15(9-11)28-19-17(14)18-23-24(20(27)25(18)12(2)21-19)10-16(26)22-13-5-3-4-6-13/h11,13H,3-10H2,1-2H3,(H,22,26)/t11-/m0/s1. The van der Waals surface area contributed by atoms with E-state index in [2.05, 4.69) is 17.3 Å². The van der Waals surface area contributed by atoms with Crippen LogP contribution in [-0.2, 0) is 24.2 Å². The number of hydrogen-bond acceptors (Lipinski definition) is 5. The molecule has 0 radical (unpaired) electrons. The van der Waals surface area contributed by atoms with Crippen LogP contribution in [-0.4, -0.2) is 31.1 Å². The van der Waals surface area contributed by atoms with E-state index in [0.29, 0.717) is 17.4 Å². The second-order valence-corrected chi connectivity index (χ2v) is 9.42. The number of fused-ring (bicyclic) bond motifs is 5. The normalized spacial score (nSPS) is 20.1. The Morgan fingerprint density at radius 3 is 2.86 bits per heavy atom. The Bertz CT molecular complexity index is 1140. The fourth-order valence-electron chi connectivity index (χ4n) is 4.69. The van der Waals surface area contributed by atoms with Gasteiger partial charge in [0.15, 0.2) is 5.65 Å². The Morgan fingerprint density at radius 1 is 1.29 bits per heavy atom. The molecule has 1 saturated carbocycles. The fourth-order valence-corrected chi connectivity index (χ4v) is 6.11. The van der Waals surface area contributed by atoms with Crippen molar-refractivity contribution in [3.05, 3.63) is 26.7 Å². The van der Waals surface area contributed by atoms with Gasteiger partial charge < -0.3 is 5.32 Å². The zero-order chi connectivity index (χ0) is 19.4. The van der Waals surface area contributed by atoms with Crippen LogP contribution in [0.4, 0.5) is 0 Å². The van der Waals surface area contributed by atoms with Gasteiger partial charge in [-0.3, -0.25) is 4.79 Å². The maximum absolute atomic E-state index is 13.0. The molecule has 3 aromatic rings. The molecule has 0 saturated heterocycles. The van der Waals surface area contributed by atoms with E-state index in [1.54, 1.807) is 15.7 Å². The molecule has 0 spiro atoms. The first-order valence-electron chi connectivity index (χ1n) is 10.2. The van der Waals surface area contributed by atoms with E-state index < -0.39 is 0 Å². The molecule has 0 bridgehead atoms. The van der Waals surface area contributed by atoms with Gasteiger partial charge in [-0.05, 0) is 50.5 Å². The van der Waals surface area contributed by atoms with Crippen molar-refractivity contribution in [2.75, 3.05) is 0 Å². The molecule has 3 heterocycles. The summed E-state index contributed by atoms with van der Waals surface area (Å²) in [7, 11) is 0. The molecule has 0 aromatic carbocycles. The summed E-state index contributed by atoms with van der Waals surface area (Å²) in [6.07, 6.45) is 7.57. The predicted octanol–water partition coefficient (Wildman–Crippen LogP) is 2.60. The summed E-state index contributed by atoms with van der Waals surface area (Å²) in [6, 6.07) is 0.237. The van der Waals surface area contributed by atoms with Crippen molar-refractivity contribution in [1.29, 1.82) is 0 Å². The number of nitrogens with zero attached hydrogens (tertiary/aromatic N) is 4. The highest BCUT2D eigenvalue weighted by Crippen LogP contribution is 2.38. The number of aryl methyl sites for hydroxylation is 2. The molecule has 5 rings (SSSR count). The van der Waals surface area contributed by atoms with Crippen LogP contribution in [0.2, 0.25) is 0 Å². The monoisotopic (exact) mass is 399 g/mol. The Labute approximate surface area is 166 Å². The summed E-state index contributed by atoms with van der Waals surface area (Å²) in [4.78, 5) is 32.4. The lowest BCUT2D eigenvalue weighted by molar-refractivity contribution is -0.122. The molecule has 28 heavy (non-hydrogen) atoms. The minimum Gasteiger partial charge on any atom is -0.352 e. The van der Waals surface area contributed by atoms with E-state index in [1.807, 2.05) is 6.92 Å². The molecule has 2 aliphatic carbocycles. The molecule has 148 valence electrons. The summed E-state index contributed by atoms with van der Waals surface area (Å²) >= 11 is 1.73. The van der Waals surface area contributed by atoms with E-state index in [0.717, 1.165) is 55.2 Å². The van der Waals surface area contributed by atoms with E-state index >= 15 is 0 Å². The van der Waals surface area contributed by atoms with Crippen molar-refractivity contribution in [1.82, 2.24) is 24.5 Å². The highest BCUT2D eigenvalue weighted by atomic mass is 32.1. The number of hydrogen-bond donors (Lipinski definition) is 1. The molecule has 0 aliphatic heterocycles. The second-order valence-electron chi connectivity index (χ2n) is 8.34. The largest absolute Gasteiger partial charge is 0.352 e. The van der Waals surface area contributed by atoms with Crippen molar-refractivity contribution in [3.63, 3.8) is 0 Å². The van der Waals surface area contributed by atoms with E-state index in [1.165, 1.54) is 15.1 Å². The zero-order valence-electron chi connectivity index (χ0n) is 16.3. The van der Waals surface area contributed by atoms with E-state index in [-0.39, 0.29) is 24.2 Å². The summed E-state index contributed by atoms with van der Waals surface area (Å²) < 4.78 is 2.86. The number of nitrogens with one attached hydrogen (secondary N) is 1. The maximum Gasteiger partial charge on any atom is 0.352 e. The van der Waals surface area contributed by atoms with Crippen LogP contribution in [0.1, 0.15) is 55.3 Å². The van der Waals surface area contributed by atoms with E-state index in [9.17, 15) is 9.59 Å². The van der Waals surface area contributed by atoms with Crippen LogP contribution in [0.5, 0.6) is 0 Å². The molecule has 7 nitrogen and oxygen atoms in total. The smallest absolute Gasteiger partial charge is 0.352 e. The van der Waals surface area contributed by atoms with Crippen LogP contribution < -0.4 is 11.0 Å². The third-order valence-corrected chi connectivity index (χ3v) is 7.30. The quantitative estimate of drug-likeness (QED) is 0.734. The van der Waals surface area contributed by atoms with Crippen molar-refractivity contribution in [2.45, 2.75) is 71.4 Å². The number of thiophene rings is 1. The molecule has 3 aromatic heterocycles. The third kappa shape index (κ3) is 2.85. The highest BCUT2D eigenvalue weighted by molar-refractivity contribution is 7.19.